The molecule has 35 heteroatoms. The van der Waals surface area contributed by atoms with Crippen LogP contribution in [0.3, 0.4) is 0 Å². The molecule has 0 aliphatic carbocycles. The lowest BCUT2D eigenvalue weighted by atomic mass is 10.1. The van der Waals surface area contributed by atoms with E-state index in [1.165, 1.54) is 31.2 Å². The van der Waals surface area contributed by atoms with Crippen LogP contribution < -0.4 is 11.1 Å². The van der Waals surface area contributed by atoms with Crippen LogP contribution in [0.1, 0.15) is 71.1 Å². The Kier molecular flexibility index (Phi) is 48.5. The summed E-state index contributed by atoms with van der Waals surface area (Å²) in [5.74, 6) is -2.14. The number of rotatable bonds is 44. The molecule has 0 spiro atoms. The Hall–Kier alpha value is -7.53. The van der Waals surface area contributed by atoms with Crippen molar-refractivity contribution in [3.05, 3.63) is 102 Å². The van der Waals surface area contributed by atoms with Crippen LogP contribution in [-0.2, 0) is 72.0 Å². The molecular formula is C50H78N16O17S2. The highest BCUT2D eigenvalue weighted by molar-refractivity contribution is 7.91. The van der Waals surface area contributed by atoms with Crippen molar-refractivity contribution in [1.82, 2.24) is 10.4 Å². The third-order valence-electron chi connectivity index (χ3n) is 10.5. The van der Waals surface area contributed by atoms with Crippen LogP contribution in [-0.4, -0.2) is 188 Å². The number of benzene rings is 2. The first-order chi connectivity index (χ1) is 41.2. The number of nitrogens with zero attached hydrogens (tertiary/aromatic N) is 14. The highest BCUT2D eigenvalue weighted by Gasteiger charge is 2.35. The first-order valence-corrected chi connectivity index (χ1v) is 30.2. The fourth-order valence-corrected chi connectivity index (χ4v) is 9.59. The Morgan fingerprint density at radius 2 is 0.941 bits per heavy atom. The number of nitrogens with one attached hydrogen (secondary N) is 1. The van der Waals surface area contributed by atoms with Gasteiger partial charge in [-0.15, -0.1) is 0 Å². The van der Waals surface area contributed by atoms with Gasteiger partial charge in [-0.3, -0.25) is 14.4 Å². The molecule has 3 rings (SSSR count). The van der Waals surface area contributed by atoms with E-state index >= 15 is 0 Å². The fraction of sp³-hybridized carbons (Fsp3) is 0.660. The number of carbonyl (C=O) groups is 4. The van der Waals surface area contributed by atoms with E-state index in [4.69, 9.17) is 71.0 Å². The van der Waals surface area contributed by atoms with Gasteiger partial charge >= 0.3 is 12.2 Å². The van der Waals surface area contributed by atoms with Gasteiger partial charge in [0.25, 0.3) is 11.8 Å². The Bertz CT molecular complexity index is 2610. The Balaban J connectivity index is 0.00000131. The maximum absolute atomic E-state index is 12.8. The lowest BCUT2D eigenvalue weighted by Crippen LogP contribution is -2.35. The van der Waals surface area contributed by atoms with Crippen LogP contribution in [0, 0.1) is 11.3 Å². The number of azide groups is 4. The number of amides is 3. The Labute approximate surface area is 494 Å². The van der Waals surface area contributed by atoms with Crippen molar-refractivity contribution < 1.29 is 78.7 Å². The molecular weight excluding hydrogens is 1160 g/mol. The summed E-state index contributed by atoms with van der Waals surface area (Å²) in [6, 6.07) is 17.5. The lowest BCUT2D eigenvalue weighted by Gasteiger charge is -2.19. The molecule has 0 bridgehead atoms. The molecule has 2 aromatic rings. The maximum Gasteiger partial charge on any atom is 0.534 e. The Morgan fingerprint density at radius 3 is 1.34 bits per heavy atom. The highest BCUT2D eigenvalue weighted by atomic mass is 32.2. The molecule has 2 unspecified atom stereocenters. The molecule has 0 saturated carbocycles. The van der Waals surface area contributed by atoms with Gasteiger partial charge in [0.15, 0.2) is 19.7 Å². The van der Waals surface area contributed by atoms with E-state index in [9.17, 15) is 36.0 Å². The molecule has 3 amide bonds. The summed E-state index contributed by atoms with van der Waals surface area (Å²) in [5, 5.41) is 23.8. The van der Waals surface area contributed by atoms with E-state index < -0.39 is 61.7 Å². The first-order valence-electron chi connectivity index (χ1n) is 26.9. The second-order valence-corrected chi connectivity index (χ2v) is 21.1. The molecule has 85 heavy (non-hydrogen) atoms. The van der Waals surface area contributed by atoms with Crippen molar-refractivity contribution >= 4 is 43.7 Å². The van der Waals surface area contributed by atoms with Gasteiger partial charge in [-0.1, -0.05) is 74.8 Å². The molecule has 2 atom stereocenters. The van der Waals surface area contributed by atoms with Crippen LogP contribution in [0.2, 0.25) is 0 Å². The molecule has 1 aliphatic rings. The summed E-state index contributed by atoms with van der Waals surface area (Å²) in [6.45, 7) is 8.54. The predicted octanol–water partition coefficient (Wildman–Crippen LogP) is 7.54. The molecule has 3 N–H and O–H groups in total. The normalized spacial score (nSPS) is 12.2. The monoisotopic (exact) mass is 1240 g/mol. The summed E-state index contributed by atoms with van der Waals surface area (Å²) in [6.07, 6.45) is 0.249. The summed E-state index contributed by atoms with van der Waals surface area (Å²) in [5.41, 5.74) is 37.9. The number of imide groups is 1. The summed E-state index contributed by atoms with van der Waals surface area (Å²) in [4.78, 5) is 62.9. The Morgan fingerprint density at radius 1 is 0.576 bits per heavy atom. The molecule has 2 aromatic carbocycles. The van der Waals surface area contributed by atoms with Gasteiger partial charge in [0, 0.05) is 78.7 Å². The number of hydroxylamine groups is 2. The fourth-order valence-electron chi connectivity index (χ4n) is 6.62. The van der Waals surface area contributed by atoms with Crippen molar-refractivity contribution in [3.63, 3.8) is 0 Å². The smallest absolute Gasteiger partial charge is 0.445 e. The van der Waals surface area contributed by atoms with Crippen molar-refractivity contribution in [3.8, 4) is 6.07 Å². The van der Waals surface area contributed by atoms with Gasteiger partial charge in [0.2, 0.25) is 0 Å². The number of sulfone groups is 2. The summed E-state index contributed by atoms with van der Waals surface area (Å²) >= 11 is 0. The first kappa shape index (κ1) is 77.5. The molecule has 0 radical (unpaired) electrons. The van der Waals surface area contributed by atoms with Gasteiger partial charge in [0.1, 0.15) is 12.2 Å². The van der Waals surface area contributed by atoms with Crippen molar-refractivity contribution in [2.45, 2.75) is 93.1 Å². The number of nitrogens with two attached hydrogens (primary N) is 1. The SMILES string of the molecule is CC#N.[N-]=[N+]=NCCCCCC(CS(=O)(=O)c1ccccc1)OC(=O)NCCOCCOCCOCCN=[N+]=[N-].[N-]=[N+]=NCCCCCC(CS(=O)(=O)c1ccccc1)OC(=O)ON1C(=O)CCC1=O.[N-]=[N+]=NCCOCCOCCOCCN. The van der Waals surface area contributed by atoms with Gasteiger partial charge in [0.05, 0.1) is 107 Å². The minimum atomic E-state index is -3.75. The number of alkyl carbamates (subject to hydrolysis) is 1. The van der Waals surface area contributed by atoms with E-state index in [2.05, 4.69) is 50.3 Å². The minimum Gasteiger partial charge on any atom is -0.445 e. The highest BCUT2D eigenvalue weighted by Crippen LogP contribution is 2.20. The predicted molar refractivity (Wildman–Crippen MR) is 306 cm³/mol. The summed E-state index contributed by atoms with van der Waals surface area (Å²) < 4.78 is 92.6. The molecule has 33 nitrogen and oxygen atoms in total. The number of hydrogen-bond acceptors (Lipinski definition) is 23. The van der Waals surface area contributed by atoms with Crippen LogP contribution in [0.15, 0.2) is 90.9 Å². The van der Waals surface area contributed by atoms with E-state index in [0.29, 0.717) is 149 Å². The largest absolute Gasteiger partial charge is 0.534 e. The third kappa shape index (κ3) is 43.7. The molecule has 1 saturated heterocycles. The van der Waals surface area contributed by atoms with Crippen molar-refractivity contribution in [2.24, 2.45) is 26.2 Å². The number of nitriles is 1. The van der Waals surface area contributed by atoms with Crippen LogP contribution >= 0.6 is 0 Å². The van der Waals surface area contributed by atoms with Crippen LogP contribution in [0.4, 0.5) is 9.59 Å². The molecule has 0 aromatic heterocycles. The van der Waals surface area contributed by atoms with Gasteiger partial charge in [-0.25, -0.2) is 26.4 Å². The average Bonchev–Trinajstić information content (AvgIpc) is 4.05. The van der Waals surface area contributed by atoms with Crippen LogP contribution in [0.5, 0.6) is 0 Å². The number of carbonyl (C=O) groups excluding carboxylic acids is 4. The second kappa shape index (κ2) is 53.2. The van der Waals surface area contributed by atoms with E-state index in [1.807, 2.05) is 0 Å². The third-order valence-corrected chi connectivity index (χ3v) is 14.1. The van der Waals surface area contributed by atoms with Gasteiger partial charge < -0.3 is 48.9 Å². The van der Waals surface area contributed by atoms with Gasteiger partial charge in [-0.05, 0) is 84.9 Å². The number of ether oxygens (including phenoxy) is 8. The quantitative estimate of drug-likeness (QED) is 0.0161. The minimum absolute atomic E-state index is 0.0664. The number of unbranched alkanes of at least 4 members (excludes halogenated alkanes) is 4. The zero-order chi connectivity index (χ0) is 62.9. The van der Waals surface area contributed by atoms with Crippen molar-refractivity contribution in [2.75, 3.05) is 130 Å². The van der Waals surface area contributed by atoms with E-state index in [-0.39, 0.29) is 54.5 Å². The van der Waals surface area contributed by atoms with E-state index in [1.54, 1.807) is 42.5 Å². The standard InChI is InChI=1S/C22H35N7O7S.C18H22N4O7S.C8H18N4O3.C2H3N/c23-28-26-10-6-2-3-7-20(19-37(31,32)21-8-4-1-5-9-21)36-22(30)25-11-13-33-15-17-35-18-16-34-14-12-27-29-24;19-21-20-12-6-2-3-7-14(13-30(26,27)15-8-4-1-5-9-15)28-18(25)29-22-16(23)10-11-17(22)24;9-1-3-13-5-7-15-8-6-14-4-2-11-12-10;1-2-3/h1,4-5,8-9,20H,2-3,6-7,10-19H2,(H,25,30);1,4-5,8-9,14H,2-3,6-7,10-13H2;1-9H2;1H3. The summed E-state index contributed by atoms with van der Waals surface area (Å²) in [7, 11) is -7.39. The van der Waals surface area contributed by atoms with Gasteiger partial charge in [-0.2, -0.15) is 5.26 Å². The topological polar surface area (TPSA) is 480 Å². The lowest BCUT2D eigenvalue weighted by molar-refractivity contribution is -0.178. The van der Waals surface area contributed by atoms with Crippen LogP contribution in [0.25, 0.3) is 41.8 Å². The molecule has 1 fully saturated rings. The zero-order valence-corrected chi connectivity index (χ0v) is 49.4. The van der Waals surface area contributed by atoms with Crippen molar-refractivity contribution in [1.29, 1.82) is 5.26 Å². The molecule has 472 valence electrons. The van der Waals surface area contributed by atoms with E-state index in [0.717, 1.165) is 0 Å². The molecule has 1 heterocycles. The average molecular weight is 1240 g/mol. The zero-order valence-electron chi connectivity index (χ0n) is 47.7. The maximum atomic E-state index is 12.8. The molecule has 1 aliphatic heterocycles. The number of hydrogen-bond donors (Lipinski definition) is 2. The second-order valence-electron chi connectivity index (χ2n) is 17.0.